The smallest absolute Gasteiger partial charge is 0.352 e. The molecule has 5 rings (SSSR count). The summed E-state index contributed by atoms with van der Waals surface area (Å²) in [5.41, 5.74) is 6.98. The molecule has 0 spiro atoms. The molecule has 4 heterocycles. The number of oxime groups is 1. The highest BCUT2D eigenvalue weighted by molar-refractivity contribution is 8.01. The van der Waals surface area contributed by atoms with E-state index < -0.39 is 29.2 Å². The maximum atomic E-state index is 13.0. The van der Waals surface area contributed by atoms with Crippen LogP contribution < -0.4 is 15.8 Å². The minimum Gasteiger partial charge on any atom is -0.497 e. The molecule has 5 N–H and O–H groups in total. The number of methoxy groups -OCH3 is 1. The van der Waals surface area contributed by atoms with Gasteiger partial charge in [0, 0.05) is 22.4 Å². The molecule has 208 valence electrons. The molecular formula is C23H22N8O6S3. The number of carboxylic acid groups (broad SMARTS) is 1. The highest BCUT2D eigenvalue weighted by Gasteiger charge is 2.54. The van der Waals surface area contributed by atoms with Crippen molar-refractivity contribution in [2.45, 2.75) is 16.6 Å². The molecule has 1 aromatic carbocycles. The zero-order valence-corrected chi connectivity index (χ0v) is 23.4. The number of carbonyl (C=O) groups is 3. The van der Waals surface area contributed by atoms with Crippen LogP contribution in [0.15, 0.2) is 51.2 Å². The number of carbonyl (C=O) groups excluding carboxylic acids is 2. The summed E-state index contributed by atoms with van der Waals surface area (Å²) < 4.78 is 5.17. The number of anilines is 1. The monoisotopic (exact) mass is 602 g/mol. The summed E-state index contributed by atoms with van der Waals surface area (Å²) in [6, 6.07) is 6.36. The van der Waals surface area contributed by atoms with Crippen LogP contribution in [-0.4, -0.2) is 90.8 Å². The standard InChI is InChI=1S/C23H22N8O6S3/c1-36-12-5-3-10(4-6-12)17-27-23(29-28-17)40-8-11-7-38-20-15(19(33)31(20)16(11)21(34)35)26-18(32)14(30-37-2)13-9-39-22(24)25-13/h3-6,9,15,20H,7-8H2,1-2H3,(H2,24,25)(H,26,32)(H,34,35)(H,27,28,29)/b30-14-/t15-,20-/m1/s1. The van der Waals surface area contributed by atoms with Crippen LogP contribution in [0.25, 0.3) is 11.4 Å². The molecule has 0 unspecified atom stereocenters. The van der Waals surface area contributed by atoms with Crippen molar-refractivity contribution < 1.29 is 29.1 Å². The lowest BCUT2D eigenvalue weighted by Crippen LogP contribution is -2.71. The molecule has 40 heavy (non-hydrogen) atoms. The summed E-state index contributed by atoms with van der Waals surface area (Å²) in [6.45, 7) is 0. The summed E-state index contributed by atoms with van der Waals surface area (Å²) in [6.07, 6.45) is 0. The number of aromatic amines is 1. The van der Waals surface area contributed by atoms with Gasteiger partial charge < -0.3 is 25.7 Å². The number of ether oxygens (including phenoxy) is 1. The summed E-state index contributed by atoms with van der Waals surface area (Å²) >= 11 is 3.73. The summed E-state index contributed by atoms with van der Waals surface area (Å²) in [4.78, 5) is 52.6. The van der Waals surface area contributed by atoms with Gasteiger partial charge in [0.2, 0.25) is 5.16 Å². The average Bonchev–Trinajstić information content (AvgIpc) is 3.61. The molecule has 1 fully saturated rings. The maximum Gasteiger partial charge on any atom is 0.352 e. The fourth-order valence-electron chi connectivity index (χ4n) is 4.04. The van der Waals surface area contributed by atoms with Crippen molar-refractivity contribution in [2.75, 3.05) is 31.5 Å². The molecule has 2 aliphatic rings. The number of hydrogen-bond acceptors (Lipinski definition) is 13. The number of carboxylic acids is 1. The average molecular weight is 603 g/mol. The number of nitrogens with two attached hydrogens (primary N) is 1. The number of amides is 2. The van der Waals surface area contributed by atoms with Crippen LogP contribution in [-0.2, 0) is 19.2 Å². The molecule has 0 aliphatic carbocycles. The first-order valence-electron chi connectivity index (χ1n) is 11.5. The van der Waals surface area contributed by atoms with E-state index in [1.165, 1.54) is 35.5 Å². The Kier molecular flexibility index (Phi) is 7.95. The van der Waals surface area contributed by atoms with E-state index in [9.17, 15) is 19.5 Å². The number of β-lactam (4-membered cyclic amide) rings is 1. The predicted octanol–water partition coefficient (Wildman–Crippen LogP) is 1.40. The van der Waals surface area contributed by atoms with E-state index in [2.05, 4.69) is 30.6 Å². The second-order valence-corrected chi connectivity index (χ2v) is 11.2. The minimum absolute atomic E-state index is 0.101. The number of nitrogens with one attached hydrogen (secondary N) is 2. The normalized spacial score (nSPS) is 18.7. The number of fused-ring (bicyclic) bond motifs is 1. The summed E-state index contributed by atoms with van der Waals surface area (Å²) in [5, 5.41) is 25.0. The Balaban J connectivity index is 1.27. The maximum absolute atomic E-state index is 13.0. The topological polar surface area (TPSA) is 198 Å². The van der Waals surface area contributed by atoms with Crippen LogP contribution in [0.3, 0.4) is 0 Å². The van der Waals surface area contributed by atoms with Gasteiger partial charge in [0.25, 0.3) is 11.8 Å². The van der Waals surface area contributed by atoms with Gasteiger partial charge >= 0.3 is 5.97 Å². The van der Waals surface area contributed by atoms with Gasteiger partial charge in [0.05, 0.1) is 7.11 Å². The van der Waals surface area contributed by atoms with Crippen LogP contribution >= 0.6 is 34.9 Å². The van der Waals surface area contributed by atoms with Gasteiger partial charge in [0.1, 0.15) is 35.7 Å². The second kappa shape index (κ2) is 11.6. The van der Waals surface area contributed by atoms with Crippen molar-refractivity contribution in [3.8, 4) is 17.1 Å². The largest absolute Gasteiger partial charge is 0.497 e. The van der Waals surface area contributed by atoms with Crippen molar-refractivity contribution in [1.29, 1.82) is 0 Å². The Hall–Kier alpha value is -4.09. The predicted molar refractivity (Wildman–Crippen MR) is 149 cm³/mol. The van der Waals surface area contributed by atoms with Gasteiger partial charge in [0.15, 0.2) is 16.7 Å². The fraction of sp³-hybridized carbons (Fsp3) is 0.261. The molecule has 17 heteroatoms. The third kappa shape index (κ3) is 5.34. The van der Waals surface area contributed by atoms with Crippen LogP contribution in [0.1, 0.15) is 5.69 Å². The SMILES string of the molecule is CO/N=C(\C(=O)N[C@@H]1C(=O)N2C(C(=O)O)=C(CSc3n[nH]c(-c4ccc(OC)cc4)n3)CS[C@H]12)c1csc(N)n1. The van der Waals surface area contributed by atoms with Gasteiger partial charge in [-0.1, -0.05) is 16.9 Å². The lowest BCUT2D eigenvalue weighted by molar-refractivity contribution is -0.150. The number of thiazole rings is 1. The third-order valence-electron chi connectivity index (χ3n) is 5.90. The van der Waals surface area contributed by atoms with E-state index >= 15 is 0 Å². The van der Waals surface area contributed by atoms with Gasteiger partial charge in [-0.25, -0.2) is 14.8 Å². The number of H-pyrrole nitrogens is 1. The first-order chi connectivity index (χ1) is 19.3. The number of nitrogen functional groups attached to an aromatic ring is 1. The Morgan fingerprint density at radius 3 is 2.73 bits per heavy atom. The number of rotatable bonds is 10. The van der Waals surface area contributed by atoms with Crippen molar-refractivity contribution in [3.05, 3.63) is 46.6 Å². The van der Waals surface area contributed by atoms with Crippen LogP contribution in [0.2, 0.25) is 0 Å². The first kappa shape index (κ1) is 27.5. The Morgan fingerprint density at radius 2 is 2.08 bits per heavy atom. The number of benzene rings is 1. The Morgan fingerprint density at radius 1 is 1.30 bits per heavy atom. The van der Waals surface area contributed by atoms with E-state index in [0.29, 0.717) is 22.3 Å². The van der Waals surface area contributed by atoms with Crippen LogP contribution in [0, 0.1) is 0 Å². The number of nitrogens with zero attached hydrogens (tertiary/aromatic N) is 5. The Bertz CT molecular complexity index is 1520. The van der Waals surface area contributed by atoms with Gasteiger partial charge in [-0.05, 0) is 29.8 Å². The number of aromatic nitrogens is 4. The molecule has 0 radical (unpaired) electrons. The first-order valence-corrected chi connectivity index (χ1v) is 14.4. The number of hydrogen-bond donors (Lipinski definition) is 4. The summed E-state index contributed by atoms with van der Waals surface area (Å²) in [7, 11) is 2.86. The van der Waals surface area contributed by atoms with E-state index in [1.807, 2.05) is 24.3 Å². The van der Waals surface area contributed by atoms with Crippen molar-refractivity contribution >= 4 is 63.5 Å². The molecule has 0 bridgehead atoms. The lowest BCUT2D eigenvalue weighted by atomic mass is 10.0. The lowest BCUT2D eigenvalue weighted by Gasteiger charge is -2.49. The summed E-state index contributed by atoms with van der Waals surface area (Å²) in [5.74, 6) is -0.582. The van der Waals surface area contributed by atoms with E-state index in [1.54, 1.807) is 12.5 Å². The molecule has 2 aliphatic heterocycles. The molecule has 2 atom stereocenters. The van der Waals surface area contributed by atoms with Crippen LogP contribution in [0.5, 0.6) is 5.75 Å². The van der Waals surface area contributed by atoms with Crippen molar-refractivity contribution in [2.24, 2.45) is 5.16 Å². The Labute approximate surface area is 239 Å². The molecule has 1 saturated heterocycles. The highest BCUT2D eigenvalue weighted by Crippen LogP contribution is 2.41. The fourth-order valence-corrected chi connectivity index (χ4v) is 6.87. The minimum atomic E-state index is -1.23. The highest BCUT2D eigenvalue weighted by atomic mass is 32.2. The van der Waals surface area contributed by atoms with Gasteiger partial charge in [-0.15, -0.1) is 28.2 Å². The number of thioether (sulfide) groups is 2. The molecule has 0 saturated carbocycles. The molecule has 2 aromatic heterocycles. The van der Waals surface area contributed by atoms with Gasteiger partial charge in [-0.2, -0.15) is 0 Å². The second-order valence-electron chi connectivity index (χ2n) is 8.30. The van der Waals surface area contributed by atoms with Crippen LogP contribution in [0.4, 0.5) is 5.13 Å². The van der Waals surface area contributed by atoms with E-state index in [4.69, 9.17) is 15.3 Å². The van der Waals surface area contributed by atoms with E-state index in [-0.39, 0.29) is 28.0 Å². The quantitative estimate of drug-likeness (QED) is 0.113. The van der Waals surface area contributed by atoms with E-state index in [0.717, 1.165) is 22.6 Å². The van der Waals surface area contributed by atoms with Crippen molar-refractivity contribution in [1.82, 2.24) is 30.4 Å². The number of aliphatic carboxylic acids is 1. The van der Waals surface area contributed by atoms with Crippen molar-refractivity contribution in [3.63, 3.8) is 0 Å². The molecule has 14 nitrogen and oxygen atoms in total. The third-order valence-corrected chi connectivity index (χ3v) is 8.85. The molecular weight excluding hydrogens is 581 g/mol. The zero-order valence-electron chi connectivity index (χ0n) is 21.0. The zero-order chi connectivity index (χ0) is 28.4. The van der Waals surface area contributed by atoms with Gasteiger partial charge in [-0.3, -0.25) is 19.6 Å². The molecule has 3 aromatic rings. The molecule has 2 amide bonds.